The molecule has 1 aliphatic heterocycles. The fourth-order valence-electron chi connectivity index (χ4n) is 3.75. The second-order valence-corrected chi connectivity index (χ2v) is 6.91. The Morgan fingerprint density at radius 3 is 2.74 bits per heavy atom. The van der Waals surface area contributed by atoms with Crippen molar-refractivity contribution in [2.75, 3.05) is 13.1 Å². The molecule has 140 valence electrons. The molecule has 0 unspecified atom stereocenters. The monoisotopic (exact) mass is 370 g/mol. The molecule has 27 heavy (non-hydrogen) atoms. The molecule has 0 N–H and O–H groups in total. The van der Waals surface area contributed by atoms with Crippen LogP contribution in [0.2, 0.25) is 0 Å². The number of carbonyl (C=O) groups excluding carboxylic acids is 1. The van der Waals surface area contributed by atoms with E-state index in [1.807, 2.05) is 18.3 Å². The highest BCUT2D eigenvalue weighted by atomic mass is 19.3. The molecular formula is C20H20F2N4O. The summed E-state index contributed by atoms with van der Waals surface area (Å²) in [7, 11) is 0. The van der Waals surface area contributed by atoms with E-state index in [0.717, 1.165) is 23.9 Å². The van der Waals surface area contributed by atoms with E-state index >= 15 is 0 Å². The number of likely N-dealkylation sites (tertiary alicyclic amines) is 1. The van der Waals surface area contributed by atoms with E-state index in [2.05, 4.69) is 29.1 Å². The predicted octanol–water partition coefficient (Wildman–Crippen LogP) is 4.15. The van der Waals surface area contributed by atoms with Crippen LogP contribution in [0, 0.1) is 6.92 Å². The van der Waals surface area contributed by atoms with Crippen LogP contribution in [0.3, 0.4) is 0 Å². The van der Waals surface area contributed by atoms with Crippen LogP contribution >= 0.6 is 0 Å². The topological polar surface area (TPSA) is 51.0 Å². The Labute approximate surface area is 155 Å². The standard InChI is InChI=1S/C20H20F2N4O/c1-13-3-2-4-15-12-23-17(11-16(13)15)14-6-9-25(10-7-14)19(27)18-5-8-24-26(18)20(21)22/h2-5,8,11-12,14,20H,6-7,9-10H2,1H3. The van der Waals surface area contributed by atoms with Gasteiger partial charge in [0.2, 0.25) is 0 Å². The summed E-state index contributed by atoms with van der Waals surface area (Å²) in [6, 6.07) is 9.63. The SMILES string of the molecule is Cc1cccc2cnc(C3CCN(C(=O)c4ccnn4C(F)F)CC3)cc12. The van der Waals surface area contributed by atoms with Crippen molar-refractivity contribution in [2.45, 2.75) is 32.2 Å². The molecule has 0 bridgehead atoms. The Kier molecular flexibility index (Phi) is 4.59. The molecule has 0 atom stereocenters. The number of aryl methyl sites for hydroxylation is 1. The van der Waals surface area contributed by atoms with Gasteiger partial charge in [0.15, 0.2) is 0 Å². The molecule has 1 amide bonds. The third-order valence-corrected chi connectivity index (χ3v) is 5.28. The highest BCUT2D eigenvalue weighted by molar-refractivity contribution is 5.92. The van der Waals surface area contributed by atoms with E-state index in [1.165, 1.54) is 23.2 Å². The molecule has 0 radical (unpaired) electrons. The van der Waals surface area contributed by atoms with Gasteiger partial charge in [0.1, 0.15) is 5.69 Å². The minimum Gasteiger partial charge on any atom is -0.337 e. The smallest absolute Gasteiger partial charge is 0.333 e. The molecule has 4 rings (SSSR count). The van der Waals surface area contributed by atoms with E-state index in [4.69, 9.17) is 0 Å². The average molecular weight is 370 g/mol. The summed E-state index contributed by atoms with van der Waals surface area (Å²) in [5, 5.41) is 5.85. The first-order chi connectivity index (χ1) is 13.0. The molecule has 0 spiro atoms. The van der Waals surface area contributed by atoms with Gasteiger partial charge in [-0.15, -0.1) is 0 Å². The van der Waals surface area contributed by atoms with Crippen LogP contribution in [0.1, 0.15) is 47.1 Å². The number of fused-ring (bicyclic) bond motifs is 1. The van der Waals surface area contributed by atoms with Gasteiger partial charge in [0.25, 0.3) is 5.91 Å². The predicted molar refractivity (Wildman–Crippen MR) is 97.8 cm³/mol. The average Bonchev–Trinajstić information content (AvgIpc) is 3.18. The maximum Gasteiger partial charge on any atom is 0.333 e. The number of benzene rings is 1. The lowest BCUT2D eigenvalue weighted by molar-refractivity contribution is 0.0451. The third kappa shape index (κ3) is 3.29. The molecule has 3 heterocycles. The molecule has 0 saturated carbocycles. The van der Waals surface area contributed by atoms with Crippen molar-refractivity contribution in [2.24, 2.45) is 0 Å². The fraction of sp³-hybridized carbons (Fsp3) is 0.350. The van der Waals surface area contributed by atoms with Crippen molar-refractivity contribution < 1.29 is 13.6 Å². The highest BCUT2D eigenvalue weighted by Gasteiger charge is 2.28. The summed E-state index contributed by atoms with van der Waals surface area (Å²) in [6.07, 6.45) is 4.65. The van der Waals surface area contributed by atoms with Crippen molar-refractivity contribution in [1.29, 1.82) is 0 Å². The highest BCUT2D eigenvalue weighted by Crippen LogP contribution is 2.30. The van der Waals surface area contributed by atoms with Crippen molar-refractivity contribution in [3.63, 3.8) is 0 Å². The van der Waals surface area contributed by atoms with Gasteiger partial charge >= 0.3 is 6.55 Å². The molecule has 1 saturated heterocycles. The van der Waals surface area contributed by atoms with Crippen LogP contribution in [0.15, 0.2) is 42.7 Å². The van der Waals surface area contributed by atoms with Crippen LogP contribution in [-0.2, 0) is 0 Å². The summed E-state index contributed by atoms with van der Waals surface area (Å²) in [6.45, 7) is 0.303. The zero-order chi connectivity index (χ0) is 19.0. The number of pyridine rings is 1. The number of aromatic nitrogens is 3. The number of nitrogens with zero attached hydrogens (tertiary/aromatic N) is 4. The quantitative estimate of drug-likeness (QED) is 0.696. The van der Waals surface area contributed by atoms with E-state index < -0.39 is 12.5 Å². The zero-order valence-corrected chi connectivity index (χ0v) is 15.0. The van der Waals surface area contributed by atoms with Gasteiger partial charge in [0, 0.05) is 42.5 Å². The summed E-state index contributed by atoms with van der Waals surface area (Å²) in [5.41, 5.74) is 2.17. The minimum absolute atomic E-state index is 0.0668. The zero-order valence-electron chi connectivity index (χ0n) is 15.0. The normalized spacial score (nSPS) is 15.6. The number of alkyl halides is 2. The molecule has 2 aromatic heterocycles. The lowest BCUT2D eigenvalue weighted by Crippen LogP contribution is -2.39. The Balaban J connectivity index is 1.48. The maximum absolute atomic E-state index is 13.0. The Morgan fingerprint density at radius 1 is 1.22 bits per heavy atom. The van der Waals surface area contributed by atoms with Gasteiger partial charge < -0.3 is 4.90 Å². The largest absolute Gasteiger partial charge is 0.337 e. The van der Waals surface area contributed by atoms with E-state index in [-0.39, 0.29) is 11.6 Å². The Hall–Kier alpha value is -2.83. The Morgan fingerprint density at radius 2 is 2.00 bits per heavy atom. The Bertz CT molecular complexity index is 977. The van der Waals surface area contributed by atoms with Crippen LogP contribution in [0.4, 0.5) is 8.78 Å². The van der Waals surface area contributed by atoms with E-state index in [0.29, 0.717) is 17.8 Å². The second kappa shape index (κ2) is 7.06. The van der Waals surface area contributed by atoms with Gasteiger partial charge in [-0.3, -0.25) is 9.78 Å². The van der Waals surface area contributed by atoms with E-state index in [1.54, 1.807) is 4.90 Å². The second-order valence-electron chi connectivity index (χ2n) is 6.91. The molecule has 0 aliphatic carbocycles. The number of amides is 1. The molecular weight excluding hydrogens is 350 g/mol. The van der Waals surface area contributed by atoms with Crippen molar-refractivity contribution in [1.82, 2.24) is 19.7 Å². The lowest BCUT2D eigenvalue weighted by Gasteiger charge is -2.32. The number of rotatable bonds is 3. The molecule has 1 fully saturated rings. The lowest BCUT2D eigenvalue weighted by atomic mass is 9.91. The van der Waals surface area contributed by atoms with Crippen LogP contribution < -0.4 is 0 Å². The van der Waals surface area contributed by atoms with Gasteiger partial charge in [-0.1, -0.05) is 18.2 Å². The number of hydrogen-bond donors (Lipinski definition) is 0. The number of piperidine rings is 1. The van der Waals surface area contributed by atoms with Crippen LogP contribution in [0.5, 0.6) is 0 Å². The van der Waals surface area contributed by atoms with E-state index in [9.17, 15) is 13.6 Å². The maximum atomic E-state index is 13.0. The van der Waals surface area contributed by atoms with Crippen LogP contribution in [-0.4, -0.2) is 38.7 Å². The molecule has 7 heteroatoms. The van der Waals surface area contributed by atoms with Crippen molar-refractivity contribution >= 4 is 16.7 Å². The van der Waals surface area contributed by atoms with Gasteiger partial charge in [-0.05, 0) is 42.8 Å². The number of carbonyl (C=O) groups is 1. The first-order valence-electron chi connectivity index (χ1n) is 9.01. The third-order valence-electron chi connectivity index (χ3n) is 5.28. The number of halogens is 2. The molecule has 3 aromatic rings. The van der Waals surface area contributed by atoms with Crippen molar-refractivity contribution in [3.8, 4) is 0 Å². The molecule has 5 nitrogen and oxygen atoms in total. The number of hydrogen-bond acceptors (Lipinski definition) is 3. The molecule has 1 aliphatic rings. The van der Waals surface area contributed by atoms with Gasteiger partial charge in [-0.2, -0.15) is 18.6 Å². The summed E-state index contributed by atoms with van der Waals surface area (Å²) in [4.78, 5) is 18.8. The summed E-state index contributed by atoms with van der Waals surface area (Å²) >= 11 is 0. The fourth-order valence-corrected chi connectivity index (χ4v) is 3.75. The van der Waals surface area contributed by atoms with Crippen molar-refractivity contribution in [3.05, 3.63) is 59.7 Å². The molecule has 1 aromatic carbocycles. The first kappa shape index (κ1) is 17.6. The van der Waals surface area contributed by atoms with Crippen LogP contribution in [0.25, 0.3) is 10.8 Å². The van der Waals surface area contributed by atoms with Gasteiger partial charge in [0.05, 0.1) is 0 Å². The summed E-state index contributed by atoms with van der Waals surface area (Å²) in [5.74, 6) is -0.133. The minimum atomic E-state index is -2.82. The van der Waals surface area contributed by atoms with Gasteiger partial charge in [-0.25, -0.2) is 0 Å². The first-order valence-corrected chi connectivity index (χ1v) is 9.01. The summed E-state index contributed by atoms with van der Waals surface area (Å²) < 4.78 is 26.4.